The van der Waals surface area contributed by atoms with Crippen LogP contribution in [-0.2, 0) is 4.79 Å². The molecule has 3 N–H and O–H groups in total. The molecule has 17 heavy (non-hydrogen) atoms. The highest BCUT2D eigenvalue weighted by Gasteiger charge is 2.20. The number of anilines is 1. The van der Waals surface area contributed by atoms with Crippen molar-refractivity contribution in [1.82, 2.24) is 4.98 Å². The van der Waals surface area contributed by atoms with Crippen LogP contribution in [0.25, 0.3) is 10.2 Å². The fourth-order valence-electron chi connectivity index (χ4n) is 1.63. The van der Waals surface area contributed by atoms with Gasteiger partial charge in [-0.2, -0.15) is 0 Å². The van der Waals surface area contributed by atoms with E-state index in [1.54, 1.807) is 0 Å². The number of carbonyl (C=O) groups is 1. The van der Waals surface area contributed by atoms with E-state index in [0.29, 0.717) is 0 Å². The summed E-state index contributed by atoms with van der Waals surface area (Å²) in [5.41, 5.74) is 6.29. The number of rotatable bonds is 4. The zero-order chi connectivity index (χ0) is 12.4. The number of aromatic nitrogens is 1. The highest BCUT2D eigenvalue weighted by atomic mass is 32.1. The molecule has 0 aliphatic carbocycles. The number of hydrogen-bond acceptors (Lipinski definition) is 4. The topological polar surface area (TPSA) is 68.0 Å². The fraction of sp³-hybridized carbons (Fsp3) is 0.333. The molecular weight excluding hydrogens is 234 g/mol. The largest absolute Gasteiger partial charge is 0.368 e. The number of thiazole rings is 1. The van der Waals surface area contributed by atoms with Crippen molar-refractivity contribution in [3.8, 4) is 0 Å². The van der Waals surface area contributed by atoms with Crippen molar-refractivity contribution in [2.75, 3.05) is 5.32 Å². The van der Waals surface area contributed by atoms with E-state index in [0.717, 1.165) is 15.3 Å². The third-order valence-corrected chi connectivity index (χ3v) is 3.51. The molecule has 1 amide bonds. The van der Waals surface area contributed by atoms with E-state index in [9.17, 15) is 4.79 Å². The second kappa shape index (κ2) is 4.71. The highest BCUT2D eigenvalue weighted by Crippen LogP contribution is 2.26. The first-order valence-electron chi connectivity index (χ1n) is 5.49. The predicted molar refractivity (Wildman–Crippen MR) is 71.1 cm³/mol. The minimum Gasteiger partial charge on any atom is -0.368 e. The van der Waals surface area contributed by atoms with Gasteiger partial charge in [0.25, 0.3) is 0 Å². The van der Waals surface area contributed by atoms with Gasteiger partial charge in [-0.05, 0) is 18.1 Å². The quantitative estimate of drug-likeness (QED) is 0.873. The number of para-hydroxylation sites is 1. The Morgan fingerprint density at radius 1 is 1.41 bits per heavy atom. The first kappa shape index (κ1) is 11.9. The molecule has 1 atom stereocenters. The van der Waals surface area contributed by atoms with E-state index in [-0.39, 0.29) is 17.9 Å². The van der Waals surface area contributed by atoms with Gasteiger partial charge < -0.3 is 11.1 Å². The Bertz CT molecular complexity index is 502. The van der Waals surface area contributed by atoms with Crippen LogP contribution in [0.2, 0.25) is 0 Å². The molecule has 5 heteroatoms. The summed E-state index contributed by atoms with van der Waals surface area (Å²) in [6.45, 7) is 3.91. The molecule has 1 heterocycles. The van der Waals surface area contributed by atoms with E-state index in [2.05, 4.69) is 10.3 Å². The van der Waals surface area contributed by atoms with Crippen LogP contribution in [0, 0.1) is 5.92 Å². The van der Waals surface area contributed by atoms with Crippen LogP contribution >= 0.6 is 11.3 Å². The Morgan fingerprint density at radius 2 is 2.12 bits per heavy atom. The summed E-state index contributed by atoms with van der Waals surface area (Å²) in [6.07, 6.45) is 0. The number of primary amides is 1. The maximum absolute atomic E-state index is 11.3. The molecule has 1 unspecified atom stereocenters. The summed E-state index contributed by atoms with van der Waals surface area (Å²) in [4.78, 5) is 15.7. The maximum Gasteiger partial charge on any atom is 0.240 e. The lowest BCUT2D eigenvalue weighted by Crippen LogP contribution is -2.39. The third kappa shape index (κ3) is 2.55. The Balaban J connectivity index is 2.25. The standard InChI is InChI=1S/C12H15N3OS/c1-7(2)10(11(13)16)15-12-14-8-5-3-4-6-9(8)17-12/h3-7,10H,1-2H3,(H2,13,16)(H,14,15). The lowest BCUT2D eigenvalue weighted by atomic mass is 10.0. The van der Waals surface area contributed by atoms with Crippen molar-refractivity contribution < 1.29 is 4.79 Å². The van der Waals surface area contributed by atoms with E-state index >= 15 is 0 Å². The summed E-state index contributed by atoms with van der Waals surface area (Å²) >= 11 is 1.53. The number of hydrogen-bond donors (Lipinski definition) is 2. The molecule has 4 nitrogen and oxygen atoms in total. The SMILES string of the molecule is CC(C)C(Nc1nc2ccccc2s1)C(N)=O. The van der Waals surface area contributed by atoms with Crippen LogP contribution in [-0.4, -0.2) is 16.9 Å². The van der Waals surface area contributed by atoms with Gasteiger partial charge in [-0.1, -0.05) is 37.3 Å². The summed E-state index contributed by atoms with van der Waals surface area (Å²) < 4.78 is 1.10. The zero-order valence-corrected chi connectivity index (χ0v) is 10.6. The number of nitrogens with two attached hydrogens (primary N) is 1. The van der Waals surface area contributed by atoms with Crippen LogP contribution in [0.4, 0.5) is 5.13 Å². The average molecular weight is 249 g/mol. The second-order valence-electron chi connectivity index (χ2n) is 4.26. The van der Waals surface area contributed by atoms with Gasteiger partial charge in [0, 0.05) is 0 Å². The van der Waals surface area contributed by atoms with Crippen LogP contribution in [0.5, 0.6) is 0 Å². The summed E-state index contributed by atoms with van der Waals surface area (Å²) in [6, 6.07) is 7.49. The van der Waals surface area contributed by atoms with E-state index in [4.69, 9.17) is 5.73 Å². The average Bonchev–Trinajstić information content (AvgIpc) is 2.67. The minimum absolute atomic E-state index is 0.138. The van der Waals surface area contributed by atoms with E-state index in [1.165, 1.54) is 11.3 Å². The molecule has 0 fully saturated rings. The van der Waals surface area contributed by atoms with E-state index in [1.807, 2.05) is 38.1 Å². The highest BCUT2D eigenvalue weighted by molar-refractivity contribution is 7.22. The number of nitrogens with zero attached hydrogens (tertiary/aromatic N) is 1. The molecule has 0 aliphatic rings. The third-order valence-electron chi connectivity index (χ3n) is 2.55. The number of amides is 1. The first-order chi connectivity index (χ1) is 8.08. The van der Waals surface area contributed by atoms with Crippen molar-refractivity contribution in [2.45, 2.75) is 19.9 Å². The fourth-order valence-corrected chi connectivity index (χ4v) is 2.54. The first-order valence-corrected chi connectivity index (χ1v) is 6.31. The van der Waals surface area contributed by atoms with Crippen LogP contribution in [0.3, 0.4) is 0 Å². The smallest absolute Gasteiger partial charge is 0.240 e. The molecule has 90 valence electrons. The Hall–Kier alpha value is -1.62. The lowest BCUT2D eigenvalue weighted by molar-refractivity contribution is -0.119. The minimum atomic E-state index is -0.379. The molecule has 0 saturated carbocycles. The van der Waals surface area contributed by atoms with Gasteiger partial charge in [-0.25, -0.2) is 4.98 Å². The van der Waals surface area contributed by atoms with Crippen LogP contribution in [0.15, 0.2) is 24.3 Å². The predicted octanol–water partition coefficient (Wildman–Crippen LogP) is 2.22. The van der Waals surface area contributed by atoms with Crippen molar-refractivity contribution in [3.63, 3.8) is 0 Å². The van der Waals surface area contributed by atoms with Crippen LogP contribution in [0.1, 0.15) is 13.8 Å². The van der Waals surface area contributed by atoms with Crippen molar-refractivity contribution in [3.05, 3.63) is 24.3 Å². The summed E-state index contributed by atoms with van der Waals surface area (Å²) in [7, 11) is 0. The molecule has 1 aromatic carbocycles. The van der Waals surface area contributed by atoms with Crippen molar-refractivity contribution in [2.24, 2.45) is 11.7 Å². The Morgan fingerprint density at radius 3 is 2.71 bits per heavy atom. The molecule has 0 bridgehead atoms. The maximum atomic E-state index is 11.3. The Labute approximate surface area is 104 Å². The van der Waals surface area contributed by atoms with Gasteiger partial charge in [0.05, 0.1) is 10.2 Å². The lowest BCUT2D eigenvalue weighted by Gasteiger charge is -2.17. The van der Waals surface area contributed by atoms with Gasteiger partial charge >= 0.3 is 0 Å². The van der Waals surface area contributed by atoms with Crippen LogP contribution < -0.4 is 11.1 Å². The number of fused-ring (bicyclic) bond motifs is 1. The zero-order valence-electron chi connectivity index (χ0n) is 9.81. The molecular formula is C12H15N3OS. The molecule has 0 aliphatic heterocycles. The number of nitrogens with one attached hydrogen (secondary N) is 1. The molecule has 2 aromatic rings. The molecule has 0 saturated heterocycles. The monoisotopic (exact) mass is 249 g/mol. The normalized spacial score (nSPS) is 12.9. The number of carbonyl (C=O) groups excluding carboxylic acids is 1. The molecule has 0 radical (unpaired) electrons. The molecule has 0 spiro atoms. The van der Waals surface area contributed by atoms with Crippen molar-refractivity contribution in [1.29, 1.82) is 0 Å². The Kier molecular flexibility index (Phi) is 3.28. The summed E-state index contributed by atoms with van der Waals surface area (Å²) in [5, 5.41) is 3.84. The van der Waals surface area contributed by atoms with E-state index < -0.39 is 0 Å². The van der Waals surface area contributed by atoms with Gasteiger partial charge in [0.15, 0.2) is 5.13 Å². The van der Waals surface area contributed by atoms with Gasteiger partial charge in [0.2, 0.25) is 5.91 Å². The van der Waals surface area contributed by atoms with Crippen molar-refractivity contribution >= 4 is 32.6 Å². The van der Waals surface area contributed by atoms with Gasteiger partial charge in [0.1, 0.15) is 6.04 Å². The number of benzene rings is 1. The summed E-state index contributed by atoms with van der Waals surface area (Å²) in [5.74, 6) is -0.209. The van der Waals surface area contributed by atoms with Gasteiger partial charge in [-0.3, -0.25) is 4.79 Å². The van der Waals surface area contributed by atoms with Gasteiger partial charge in [-0.15, -0.1) is 0 Å². The molecule has 1 aromatic heterocycles. The molecule has 2 rings (SSSR count). The second-order valence-corrected chi connectivity index (χ2v) is 5.29.